The first-order valence-electron chi connectivity index (χ1n) is 12.3. The van der Waals surface area contributed by atoms with E-state index in [1.807, 2.05) is 48.5 Å². The maximum atomic E-state index is 14.6. The average Bonchev–Trinajstić information content (AvgIpc) is 3.30. The summed E-state index contributed by atoms with van der Waals surface area (Å²) in [5.74, 6) is 0.821. The summed E-state index contributed by atoms with van der Waals surface area (Å²) in [6.07, 6.45) is -2.05. The molecule has 0 aliphatic carbocycles. The van der Waals surface area contributed by atoms with Crippen LogP contribution in [0.3, 0.4) is 0 Å². The number of carbonyl (C=O) groups is 3. The van der Waals surface area contributed by atoms with Gasteiger partial charge in [0.2, 0.25) is 5.91 Å². The number of carbonyl (C=O) groups excluding carboxylic acids is 3. The maximum absolute atomic E-state index is 14.6. The normalized spacial score (nSPS) is 19.6. The first-order valence-corrected chi connectivity index (χ1v) is 13.5. The summed E-state index contributed by atoms with van der Waals surface area (Å²) in [4.78, 5) is 40.8. The lowest BCUT2D eigenvalue weighted by Crippen LogP contribution is -2.41. The molecule has 2 saturated heterocycles. The fraction of sp³-hybridized carbons (Fsp3) is 0.321. The number of Topliss-reactive ketones (excluding diaryl/α,β-unsaturated/α-hetero) is 1. The zero-order valence-corrected chi connectivity index (χ0v) is 21.1. The summed E-state index contributed by atoms with van der Waals surface area (Å²) in [7, 11) is 0. The van der Waals surface area contributed by atoms with Crippen LogP contribution in [-0.4, -0.2) is 61.3 Å². The molecule has 192 valence electrons. The Balaban J connectivity index is 1.14. The van der Waals surface area contributed by atoms with Crippen LogP contribution in [0, 0.1) is 0 Å². The molecule has 0 aromatic heterocycles. The molecule has 3 aromatic rings. The molecule has 0 radical (unpaired) electrons. The van der Waals surface area contributed by atoms with Crippen molar-refractivity contribution in [2.24, 2.45) is 0 Å². The van der Waals surface area contributed by atoms with Crippen molar-refractivity contribution in [3.63, 3.8) is 0 Å². The van der Waals surface area contributed by atoms with Gasteiger partial charge in [-0.3, -0.25) is 14.5 Å². The number of fused-ring (bicyclic) bond motifs is 1. The molecule has 2 heterocycles. The summed E-state index contributed by atoms with van der Waals surface area (Å²) in [6.45, 7) is 0.939. The summed E-state index contributed by atoms with van der Waals surface area (Å²) in [5, 5.41) is 4.80. The Kier molecular flexibility index (Phi) is 7.60. The lowest BCUT2D eigenvalue weighted by molar-refractivity contribution is -0.121. The van der Waals surface area contributed by atoms with Crippen molar-refractivity contribution in [2.45, 2.75) is 25.2 Å². The van der Waals surface area contributed by atoms with E-state index in [2.05, 4.69) is 5.32 Å². The molecular weight excluding hydrogens is 493 g/mol. The fourth-order valence-corrected chi connectivity index (χ4v) is 5.52. The van der Waals surface area contributed by atoms with Crippen LogP contribution in [0.1, 0.15) is 23.2 Å². The molecule has 0 saturated carbocycles. The molecule has 37 heavy (non-hydrogen) atoms. The fourth-order valence-electron chi connectivity index (χ4n) is 4.65. The van der Waals surface area contributed by atoms with Gasteiger partial charge in [-0.2, -0.15) is 11.8 Å². The van der Waals surface area contributed by atoms with E-state index in [0.717, 1.165) is 16.5 Å². The van der Waals surface area contributed by atoms with Crippen LogP contribution >= 0.6 is 11.8 Å². The largest absolute Gasteiger partial charge is 0.442 e. The highest BCUT2D eigenvalue weighted by atomic mass is 32.2. The van der Waals surface area contributed by atoms with E-state index in [1.165, 1.54) is 4.90 Å². The molecule has 2 aliphatic heterocycles. The number of cyclic esters (lactones) is 1. The molecule has 0 spiro atoms. The van der Waals surface area contributed by atoms with Gasteiger partial charge in [-0.1, -0.05) is 48.5 Å². The van der Waals surface area contributed by atoms with E-state index in [4.69, 9.17) is 4.74 Å². The number of nitrogens with zero attached hydrogens (tertiary/aromatic N) is 2. The predicted molar refractivity (Wildman–Crippen MR) is 144 cm³/mol. The number of hydrogen-bond acceptors (Lipinski definition) is 6. The summed E-state index contributed by atoms with van der Waals surface area (Å²) < 4.78 is 20.1. The second kappa shape index (κ2) is 11.2. The quantitative estimate of drug-likeness (QED) is 0.339. The van der Waals surface area contributed by atoms with Crippen molar-refractivity contribution in [3.8, 4) is 0 Å². The van der Waals surface area contributed by atoms with Gasteiger partial charge in [0.15, 0.2) is 12.1 Å². The van der Waals surface area contributed by atoms with Gasteiger partial charge in [-0.05, 0) is 29.0 Å². The van der Waals surface area contributed by atoms with Crippen molar-refractivity contribution < 1.29 is 23.5 Å². The lowest BCUT2D eigenvalue weighted by atomic mass is 10.0. The zero-order valence-electron chi connectivity index (χ0n) is 20.3. The number of para-hydroxylation sites is 2. The molecule has 2 aliphatic rings. The number of amides is 2. The van der Waals surface area contributed by atoms with Crippen LogP contribution in [0.2, 0.25) is 0 Å². The van der Waals surface area contributed by atoms with E-state index in [0.29, 0.717) is 29.2 Å². The maximum Gasteiger partial charge on any atom is 0.414 e. The predicted octanol–water partition coefficient (Wildman–Crippen LogP) is 4.79. The third-order valence-electron chi connectivity index (χ3n) is 6.60. The van der Waals surface area contributed by atoms with Crippen molar-refractivity contribution in [1.82, 2.24) is 5.32 Å². The smallest absolute Gasteiger partial charge is 0.414 e. The van der Waals surface area contributed by atoms with E-state index < -0.39 is 18.5 Å². The Hall–Kier alpha value is -3.59. The minimum atomic E-state index is -1.12. The van der Waals surface area contributed by atoms with E-state index >= 15 is 0 Å². The Morgan fingerprint density at radius 2 is 1.76 bits per heavy atom. The van der Waals surface area contributed by atoms with Gasteiger partial charge in [0.1, 0.15) is 6.10 Å². The van der Waals surface area contributed by atoms with E-state index in [-0.39, 0.29) is 37.6 Å². The van der Waals surface area contributed by atoms with Crippen LogP contribution in [0.25, 0.3) is 10.8 Å². The number of halogens is 1. The molecule has 9 heteroatoms. The molecular formula is C28H28FN3O4S. The highest BCUT2D eigenvalue weighted by molar-refractivity contribution is 7.99. The molecule has 7 nitrogen and oxygen atoms in total. The number of anilines is 2. The van der Waals surface area contributed by atoms with Gasteiger partial charge in [-0.15, -0.1) is 0 Å². The Morgan fingerprint density at radius 1 is 1.00 bits per heavy atom. The number of benzene rings is 3. The SMILES string of the molecule is O=C(CCC(=O)c1ccc2ccccc2c1)NCC1CN(c2ccccc2N2CCSC[C@@H]2F)C(=O)O1. The second-order valence-corrected chi connectivity index (χ2v) is 10.2. The van der Waals surface area contributed by atoms with E-state index in [9.17, 15) is 18.8 Å². The van der Waals surface area contributed by atoms with Crippen molar-refractivity contribution in [1.29, 1.82) is 0 Å². The molecule has 5 rings (SSSR count). The number of rotatable bonds is 8. The number of alkyl halides is 1. The lowest BCUT2D eigenvalue weighted by Gasteiger charge is -2.34. The highest BCUT2D eigenvalue weighted by Gasteiger charge is 2.35. The minimum Gasteiger partial charge on any atom is -0.442 e. The Bertz CT molecular complexity index is 1320. The summed E-state index contributed by atoms with van der Waals surface area (Å²) in [5.41, 5.74) is 1.83. The van der Waals surface area contributed by atoms with Crippen molar-refractivity contribution in [2.75, 3.05) is 40.9 Å². The molecule has 2 fully saturated rings. The van der Waals surface area contributed by atoms with Gasteiger partial charge in [-0.25, -0.2) is 9.18 Å². The van der Waals surface area contributed by atoms with Crippen molar-refractivity contribution >= 4 is 51.7 Å². The molecule has 3 aromatic carbocycles. The van der Waals surface area contributed by atoms with Gasteiger partial charge in [0, 0.05) is 36.5 Å². The van der Waals surface area contributed by atoms with Crippen LogP contribution < -0.4 is 15.1 Å². The molecule has 2 atom stereocenters. The van der Waals surface area contributed by atoms with Gasteiger partial charge >= 0.3 is 6.09 Å². The number of thioether (sulfide) groups is 1. The first kappa shape index (κ1) is 25.1. The molecule has 1 unspecified atom stereocenters. The topological polar surface area (TPSA) is 79.0 Å². The standard InChI is InChI=1S/C28H28FN3O4S/c29-26-18-37-14-13-31(26)23-7-3-4-8-24(23)32-17-22(36-28(32)35)16-30-27(34)12-11-25(33)21-10-9-19-5-1-2-6-20(19)15-21/h1-10,15,22,26H,11-14,16-18H2,(H,30,34)/t22?,26-/m1/s1. The minimum absolute atomic E-state index is 0.0454. The van der Waals surface area contributed by atoms with Crippen LogP contribution in [0.5, 0.6) is 0 Å². The van der Waals surface area contributed by atoms with Gasteiger partial charge < -0.3 is 15.0 Å². The van der Waals surface area contributed by atoms with E-state index in [1.54, 1.807) is 34.9 Å². The first-order chi connectivity index (χ1) is 18.0. The third kappa shape index (κ3) is 5.72. The van der Waals surface area contributed by atoms with Crippen molar-refractivity contribution in [3.05, 3.63) is 72.3 Å². The third-order valence-corrected chi connectivity index (χ3v) is 7.59. The van der Waals surface area contributed by atoms with Crippen LogP contribution in [-0.2, 0) is 9.53 Å². The highest BCUT2D eigenvalue weighted by Crippen LogP contribution is 2.35. The molecule has 2 amide bonds. The second-order valence-electron chi connectivity index (χ2n) is 9.10. The number of nitrogens with one attached hydrogen (secondary N) is 1. The number of hydrogen-bond donors (Lipinski definition) is 1. The van der Waals surface area contributed by atoms with Crippen LogP contribution in [0.15, 0.2) is 66.7 Å². The zero-order chi connectivity index (χ0) is 25.8. The number of ketones is 1. The monoisotopic (exact) mass is 521 g/mol. The summed E-state index contributed by atoms with van der Waals surface area (Å²) >= 11 is 1.57. The molecule has 0 bridgehead atoms. The van der Waals surface area contributed by atoms with Gasteiger partial charge in [0.05, 0.1) is 24.5 Å². The van der Waals surface area contributed by atoms with Gasteiger partial charge in [0.25, 0.3) is 0 Å². The molecule has 1 N–H and O–H groups in total. The average molecular weight is 522 g/mol. The summed E-state index contributed by atoms with van der Waals surface area (Å²) in [6, 6.07) is 20.5. The number of ether oxygens (including phenoxy) is 1. The Labute approximate surface area is 218 Å². The van der Waals surface area contributed by atoms with Crippen LogP contribution in [0.4, 0.5) is 20.6 Å². The Morgan fingerprint density at radius 3 is 2.57 bits per heavy atom.